The Bertz CT molecular complexity index is 901. The van der Waals surface area contributed by atoms with Gasteiger partial charge in [-0.05, 0) is 13.1 Å². The van der Waals surface area contributed by atoms with Gasteiger partial charge in [0.15, 0.2) is 6.10 Å². The topological polar surface area (TPSA) is 111 Å². The van der Waals surface area contributed by atoms with E-state index in [1.54, 1.807) is 19.2 Å². The van der Waals surface area contributed by atoms with Crippen LogP contribution in [0.25, 0.3) is 0 Å². The first-order valence-corrected chi connectivity index (χ1v) is 9.40. The standard InChI is InChI=1S/C20H22N2O7/c1-10(23)27-9-15-17(28-11(2)24)12-8-22(3)20(16(12)18(25)29-15)13-6-4-5-7-14(13)21-19(20)26/h4-7,12,15-17H,8-9H2,1-3H3,(H,21,26)/t12-,15+,16+,17-,20+/m0/s1. The summed E-state index contributed by atoms with van der Waals surface area (Å²) in [6.07, 6.45) is -1.77. The molecule has 4 rings (SSSR count). The summed E-state index contributed by atoms with van der Waals surface area (Å²) >= 11 is 0. The Morgan fingerprint density at radius 3 is 2.66 bits per heavy atom. The number of benzene rings is 1. The van der Waals surface area contributed by atoms with Crippen molar-refractivity contribution in [2.75, 3.05) is 25.5 Å². The van der Waals surface area contributed by atoms with E-state index in [0.717, 1.165) is 0 Å². The molecule has 2 fully saturated rings. The number of likely N-dealkylation sites (N-methyl/N-ethyl adjacent to an activating group) is 1. The van der Waals surface area contributed by atoms with Gasteiger partial charge in [-0.2, -0.15) is 0 Å². The summed E-state index contributed by atoms with van der Waals surface area (Å²) < 4.78 is 16.1. The first-order valence-electron chi connectivity index (χ1n) is 9.40. The average molecular weight is 402 g/mol. The monoisotopic (exact) mass is 402 g/mol. The van der Waals surface area contributed by atoms with Gasteiger partial charge in [0.1, 0.15) is 18.2 Å². The molecule has 1 N–H and O–H groups in total. The predicted molar refractivity (Wildman–Crippen MR) is 98.4 cm³/mol. The number of nitrogens with zero attached hydrogens (tertiary/aromatic N) is 1. The first kappa shape index (κ1) is 19.4. The van der Waals surface area contributed by atoms with Gasteiger partial charge in [0.25, 0.3) is 5.91 Å². The third-order valence-corrected chi connectivity index (χ3v) is 5.96. The summed E-state index contributed by atoms with van der Waals surface area (Å²) in [6.45, 7) is 2.62. The van der Waals surface area contributed by atoms with Crippen molar-refractivity contribution >= 4 is 29.5 Å². The van der Waals surface area contributed by atoms with E-state index in [9.17, 15) is 19.2 Å². The number of hydrogen-bond donors (Lipinski definition) is 1. The van der Waals surface area contributed by atoms with Crippen LogP contribution in [0.3, 0.4) is 0 Å². The number of fused-ring (bicyclic) bond motifs is 4. The molecule has 1 spiro atoms. The fourth-order valence-corrected chi connectivity index (χ4v) is 4.95. The molecule has 1 aromatic carbocycles. The third kappa shape index (κ3) is 2.79. The molecular formula is C20H22N2O7. The van der Waals surface area contributed by atoms with Crippen LogP contribution in [-0.4, -0.2) is 61.1 Å². The van der Waals surface area contributed by atoms with Crippen molar-refractivity contribution in [3.05, 3.63) is 29.8 Å². The van der Waals surface area contributed by atoms with E-state index in [2.05, 4.69) is 5.32 Å². The van der Waals surface area contributed by atoms with Crippen LogP contribution in [0.4, 0.5) is 5.69 Å². The van der Waals surface area contributed by atoms with Gasteiger partial charge in [0.05, 0.1) is 5.92 Å². The number of rotatable bonds is 3. The highest BCUT2D eigenvalue weighted by atomic mass is 16.6. The Balaban J connectivity index is 1.77. The minimum atomic E-state index is -1.25. The number of para-hydroxylation sites is 1. The van der Waals surface area contributed by atoms with Crippen LogP contribution in [0.15, 0.2) is 24.3 Å². The van der Waals surface area contributed by atoms with E-state index in [-0.39, 0.29) is 12.5 Å². The van der Waals surface area contributed by atoms with Crippen molar-refractivity contribution in [2.24, 2.45) is 11.8 Å². The van der Waals surface area contributed by atoms with Gasteiger partial charge in [0.2, 0.25) is 0 Å². The lowest BCUT2D eigenvalue weighted by Gasteiger charge is -2.41. The smallest absolute Gasteiger partial charge is 0.312 e. The molecule has 9 heteroatoms. The molecule has 3 aliphatic rings. The summed E-state index contributed by atoms with van der Waals surface area (Å²) in [4.78, 5) is 51.1. The van der Waals surface area contributed by atoms with Gasteiger partial charge in [0, 0.05) is 37.6 Å². The molecular weight excluding hydrogens is 380 g/mol. The molecule has 3 heterocycles. The van der Waals surface area contributed by atoms with Crippen LogP contribution >= 0.6 is 0 Å². The molecule has 0 bridgehead atoms. The molecule has 3 aliphatic heterocycles. The normalized spacial score (nSPS) is 32.9. The van der Waals surface area contributed by atoms with E-state index in [4.69, 9.17) is 14.2 Å². The Labute approximate surface area is 167 Å². The summed E-state index contributed by atoms with van der Waals surface area (Å²) in [5.41, 5.74) is 0.0872. The maximum absolute atomic E-state index is 13.2. The fourth-order valence-electron chi connectivity index (χ4n) is 4.95. The molecule has 0 aliphatic carbocycles. The number of carbonyl (C=O) groups is 4. The van der Waals surface area contributed by atoms with E-state index < -0.39 is 47.5 Å². The first-order chi connectivity index (χ1) is 13.8. The van der Waals surface area contributed by atoms with Crippen LogP contribution in [0.5, 0.6) is 0 Å². The molecule has 1 aromatic rings. The maximum atomic E-state index is 13.2. The number of ether oxygens (including phenoxy) is 3. The quantitative estimate of drug-likeness (QED) is 0.572. The van der Waals surface area contributed by atoms with Crippen molar-refractivity contribution in [3.8, 4) is 0 Å². The van der Waals surface area contributed by atoms with E-state index in [0.29, 0.717) is 17.8 Å². The Morgan fingerprint density at radius 1 is 1.24 bits per heavy atom. The molecule has 0 unspecified atom stereocenters. The number of cyclic esters (lactones) is 1. The Hall–Kier alpha value is -2.94. The molecule has 0 saturated carbocycles. The third-order valence-electron chi connectivity index (χ3n) is 5.96. The highest BCUT2D eigenvalue weighted by Crippen LogP contribution is 2.55. The van der Waals surface area contributed by atoms with Crippen molar-refractivity contribution in [3.63, 3.8) is 0 Å². The van der Waals surface area contributed by atoms with Crippen molar-refractivity contribution < 1.29 is 33.4 Å². The number of hydrogen-bond acceptors (Lipinski definition) is 8. The largest absolute Gasteiger partial charge is 0.462 e. The predicted octanol–water partition coefficient (Wildman–Crippen LogP) is 0.432. The van der Waals surface area contributed by atoms with E-state index in [1.807, 2.05) is 17.0 Å². The maximum Gasteiger partial charge on any atom is 0.312 e. The zero-order valence-corrected chi connectivity index (χ0v) is 16.3. The zero-order valence-electron chi connectivity index (χ0n) is 16.3. The minimum absolute atomic E-state index is 0.220. The molecule has 154 valence electrons. The van der Waals surface area contributed by atoms with E-state index >= 15 is 0 Å². The Kier molecular flexibility index (Phi) is 4.57. The zero-order chi connectivity index (χ0) is 20.9. The lowest BCUT2D eigenvalue weighted by atomic mass is 9.72. The van der Waals surface area contributed by atoms with E-state index in [1.165, 1.54) is 13.8 Å². The van der Waals surface area contributed by atoms with Gasteiger partial charge in [-0.1, -0.05) is 18.2 Å². The molecule has 1 amide bonds. The summed E-state index contributed by atoms with van der Waals surface area (Å²) in [5.74, 6) is -3.33. The number of amides is 1. The van der Waals surface area contributed by atoms with Gasteiger partial charge in [-0.3, -0.25) is 24.1 Å². The molecule has 0 aromatic heterocycles. The van der Waals surface area contributed by atoms with Crippen LogP contribution in [0, 0.1) is 11.8 Å². The van der Waals surface area contributed by atoms with Crippen molar-refractivity contribution in [2.45, 2.75) is 31.6 Å². The second kappa shape index (κ2) is 6.84. The Morgan fingerprint density at radius 2 is 1.97 bits per heavy atom. The van der Waals surface area contributed by atoms with Crippen molar-refractivity contribution in [1.82, 2.24) is 4.90 Å². The highest BCUT2D eigenvalue weighted by molar-refractivity contribution is 6.09. The lowest BCUT2D eigenvalue weighted by Crippen LogP contribution is -2.58. The van der Waals surface area contributed by atoms with Gasteiger partial charge in [-0.25, -0.2) is 0 Å². The van der Waals surface area contributed by atoms with Crippen LogP contribution in [-0.2, 0) is 38.9 Å². The van der Waals surface area contributed by atoms with Crippen LogP contribution in [0.2, 0.25) is 0 Å². The SMILES string of the molecule is CC(=O)OC[C@H]1OC(=O)[C@H]2[C@H](CN(C)[C@@]23C(=O)Nc2ccccc23)[C@@H]1OC(C)=O. The number of carbonyl (C=O) groups excluding carboxylic acids is 4. The molecule has 2 saturated heterocycles. The fraction of sp³-hybridized carbons (Fsp3) is 0.500. The highest BCUT2D eigenvalue weighted by Gasteiger charge is 2.69. The summed E-state index contributed by atoms with van der Waals surface area (Å²) in [6, 6.07) is 7.21. The molecule has 0 radical (unpaired) electrons. The van der Waals surface area contributed by atoms with Gasteiger partial charge < -0.3 is 19.5 Å². The minimum Gasteiger partial charge on any atom is -0.462 e. The van der Waals surface area contributed by atoms with Gasteiger partial charge in [-0.15, -0.1) is 0 Å². The summed E-state index contributed by atoms with van der Waals surface area (Å²) in [7, 11) is 1.76. The number of likely N-dealkylation sites (tertiary alicyclic amines) is 1. The number of anilines is 1. The lowest BCUT2D eigenvalue weighted by molar-refractivity contribution is -0.199. The number of nitrogens with one attached hydrogen (secondary N) is 1. The molecule has 29 heavy (non-hydrogen) atoms. The molecule has 5 atom stereocenters. The van der Waals surface area contributed by atoms with Crippen LogP contribution in [0.1, 0.15) is 19.4 Å². The second-order valence-corrected chi connectivity index (χ2v) is 7.64. The number of esters is 3. The average Bonchev–Trinajstić information content (AvgIpc) is 3.12. The van der Waals surface area contributed by atoms with Gasteiger partial charge >= 0.3 is 17.9 Å². The second-order valence-electron chi connectivity index (χ2n) is 7.64. The van der Waals surface area contributed by atoms with Crippen molar-refractivity contribution in [1.29, 1.82) is 0 Å². The summed E-state index contributed by atoms with van der Waals surface area (Å²) in [5, 5.41) is 2.86. The van der Waals surface area contributed by atoms with Crippen LogP contribution < -0.4 is 5.32 Å². The molecule has 9 nitrogen and oxygen atoms in total.